The lowest BCUT2D eigenvalue weighted by Crippen LogP contribution is -2.31. The van der Waals surface area contributed by atoms with E-state index in [9.17, 15) is 4.79 Å². The molecule has 1 aromatic heterocycles. The van der Waals surface area contributed by atoms with Crippen molar-refractivity contribution in [1.82, 2.24) is 14.9 Å². The minimum Gasteiger partial charge on any atom is -0.495 e. The second-order valence-electron chi connectivity index (χ2n) is 5.14. The van der Waals surface area contributed by atoms with Gasteiger partial charge in [0.05, 0.1) is 12.1 Å². The van der Waals surface area contributed by atoms with E-state index in [1.807, 2.05) is 19.9 Å². The Hall–Kier alpha value is -2.34. The number of methoxy groups -OCH3 is 1. The number of ether oxygens (including phenoxy) is 1. The van der Waals surface area contributed by atoms with E-state index in [4.69, 9.17) is 16.3 Å². The molecule has 7 heteroatoms. The smallest absolute Gasteiger partial charge is 0.272 e. The predicted octanol–water partition coefficient (Wildman–Crippen LogP) is 3.67. The van der Waals surface area contributed by atoms with Crippen molar-refractivity contribution in [3.05, 3.63) is 40.8 Å². The lowest BCUT2D eigenvalue weighted by Gasteiger charge is -2.18. The average Bonchev–Trinajstić information content (AvgIpc) is 2.55. The summed E-state index contributed by atoms with van der Waals surface area (Å²) in [5.41, 5.74) is 1.12. The number of aromatic nitrogens is 2. The molecule has 128 valence electrons. The molecule has 0 saturated carbocycles. The van der Waals surface area contributed by atoms with Crippen LogP contribution in [0.2, 0.25) is 5.02 Å². The fraction of sp³-hybridized carbons (Fsp3) is 0.353. The van der Waals surface area contributed by atoms with Crippen molar-refractivity contribution >= 4 is 29.0 Å². The Morgan fingerprint density at radius 3 is 2.54 bits per heavy atom. The number of carbonyl (C=O) groups is 1. The number of aryl methyl sites for hydroxylation is 1. The van der Waals surface area contributed by atoms with Crippen molar-refractivity contribution < 1.29 is 9.53 Å². The maximum absolute atomic E-state index is 12.5. The molecule has 0 aliphatic carbocycles. The molecule has 1 aromatic carbocycles. The van der Waals surface area contributed by atoms with Crippen molar-refractivity contribution in [3.63, 3.8) is 0 Å². The first-order chi connectivity index (χ1) is 11.5. The summed E-state index contributed by atoms with van der Waals surface area (Å²) in [4.78, 5) is 22.8. The number of nitrogens with one attached hydrogen (secondary N) is 1. The first kappa shape index (κ1) is 18.0. The largest absolute Gasteiger partial charge is 0.495 e. The van der Waals surface area contributed by atoms with Crippen molar-refractivity contribution in [1.29, 1.82) is 0 Å². The van der Waals surface area contributed by atoms with Gasteiger partial charge >= 0.3 is 0 Å². The number of amides is 1. The molecule has 1 heterocycles. The first-order valence-corrected chi connectivity index (χ1v) is 8.11. The zero-order valence-electron chi connectivity index (χ0n) is 14.3. The summed E-state index contributed by atoms with van der Waals surface area (Å²) in [6, 6.07) is 6.98. The lowest BCUT2D eigenvalue weighted by atomic mass is 10.2. The van der Waals surface area contributed by atoms with E-state index in [-0.39, 0.29) is 5.91 Å². The molecule has 0 aliphatic heterocycles. The molecule has 24 heavy (non-hydrogen) atoms. The summed E-state index contributed by atoms with van der Waals surface area (Å²) in [6.07, 6.45) is 0. The number of hydrogen-bond donors (Lipinski definition) is 1. The number of halogens is 1. The SMILES string of the molecule is CCN(CC)C(=O)c1cc(Nc2ccc(OC)c(Cl)c2)nc(C)n1. The summed E-state index contributed by atoms with van der Waals surface area (Å²) >= 11 is 6.13. The van der Waals surface area contributed by atoms with Gasteiger partial charge in [-0.3, -0.25) is 4.79 Å². The molecular weight excluding hydrogens is 328 g/mol. The molecule has 0 saturated heterocycles. The normalized spacial score (nSPS) is 10.4. The van der Waals surface area contributed by atoms with Crippen LogP contribution in [0.15, 0.2) is 24.3 Å². The number of hydrogen-bond acceptors (Lipinski definition) is 5. The first-order valence-electron chi connectivity index (χ1n) is 7.74. The Morgan fingerprint density at radius 1 is 1.25 bits per heavy atom. The Bertz CT molecular complexity index is 733. The molecule has 0 fully saturated rings. The van der Waals surface area contributed by atoms with E-state index in [0.717, 1.165) is 5.69 Å². The van der Waals surface area contributed by atoms with Gasteiger partial charge in [0.25, 0.3) is 5.91 Å². The number of anilines is 2. The molecule has 0 bridgehead atoms. The standard InChI is InChI=1S/C17H21ClN4O2/c1-5-22(6-2)17(23)14-10-16(20-11(3)19-14)21-12-7-8-15(24-4)13(18)9-12/h7-10H,5-6H2,1-4H3,(H,19,20,21). The van der Waals surface area contributed by atoms with Gasteiger partial charge in [0.2, 0.25) is 0 Å². The third-order valence-electron chi connectivity index (χ3n) is 3.53. The minimum atomic E-state index is -0.110. The molecular formula is C17H21ClN4O2. The van der Waals surface area contributed by atoms with Crippen LogP contribution in [0, 0.1) is 6.92 Å². The van der Waals surface area contributed by atoms with Crippen LogP contribution in [0.3, 0.4) is 0 Å². The van der Waals surface area contributed by atoms with Crippen LogP contribution in [0.4, 0.5) is 11.5 Å². The zero-order chi connectivity index (χ0) is 17.7. The molecule has 0 aliphatic rings. The molecule has 0 unspecified atom stereocenters. The quantitative estimate of drug-likeness (QED) is 0.862. The molecule has 1 N–H and O–H groups in total. The number of rotatable bonds is 6. The number of nitrogens with zero attached hydrogens (tertiary/aromatic N) is 3. The molecule has 2 rings (SSSR count). The van der Waals surface area contributed by atoms with Crippen LogP contribution >= 0.6 is 11.6 Å². The van der Waals surface area contributed by atoms with Crippen LogP contribution < -0.4 is 10.1 Å². The van der Waals surface area contributed by atoms with Crippen LogP contribution in [0.1, 0.15) is 30.2 Å². The van der Waals surface area contributed by atoms with E-state index in [1.165, 1.54) is 0 Å². The van der Waals surface area contributed by atoms with E-state index in [1.54, 1.807) is 37.1 Å². The van der Waals surface area contributed by atoms with Crippen molar-refractivity contribution in [3.8, 4) is 5.75 Å². The Kier molecular flexibility index (Phi) is 5.98. The highest BCUT2D eigenvalue weighted by molar-refractivity contribution is 6.32. The van der Waals surface area contributed by atoms with Crippen molar-refractivity contribution in [2.24, 2.45) is 0 Å². The molecule has 1 amide bonds. The molecule has 0 atom stereocenters. The summed E-state index contributed by atoms with van der Waals surface area (Å²) in [6.45, 7) is 6.90. The van der Waals surface area contributed by atoms with Gasteiger partial charge in [-0.25, -0.2) is 9.97 Å². The third-order valence-corrected chi connectivity index (χ3v) is 3.83. The van der Waals surface area contributed by atoms with Gasteiger partial charge < -0.3 is 15.0 Å². The second-order valence-corrected chi connectivity index (χ2v) is 5.54. The van der Waals surface area contributed by atoms with Gasteiger partial charge in [-0.2, -0.15) is 0 Å². The van der Waals surface area contributed by atoms with Gasteiger partial charge in [-0.1, -0.05) is 11.6 Å². The Labute approximate surface area is 146 Å². The van der Waals surface area contributed by atoms with E-state index in [2.05, 4.69) is 15.3 Å². The lowest BCUT2D eigenvalue weighted by molar-refractivity contribution is 0.0766. The van der Waals surface area contributed by atoms with Crippen LogP contribution in [0.5, 0.6) is 5.75 Å². The fourth-order valence-corrected chi connectivity index (χ4v) is 2.56. The molecule has 6 nitrogen and oxygen atoms in total. The maximum Gasteiger partial charge on any atom is 0.272 e. The summed E-state index contributed by atoms with van der Waals surface area (Å²) in [5.74, 6) is 1.55. The summed E-state index contributed by atoms with van der Waals surface area (Å²) in [5, 5.41) is 3.64. The minimum absolute atomic E-state index is 0.110. The Balaban J connectivity index is 2.28. The van der Waals surface area contributed by atoms with Crippen LogP contribution in [-0.2, 0) is 0 Å². The van der Waals surface area contributed by atoms with Crippen LogP contribution in [0.25, 0.3) is 0 Å². The number of benzene rings is 1. The van der Waals surface area contributed by atoms with E-state index < -0.39 is 0 Å². The molecule has 0 radical (unpaired) electrons. The van der Waals surface area contributed by atoms with E-state index >= 15 is 0 Å². The molecule has 0 spiro atoms. The van der Waals surface area contributed by atoms with Gasteiger partial charge in [-0.15, -0.1) is 0 Å². The third kappa shape index (κ3) is 4.14. The molecule has 2 aromatic rings. The zero-order valence-corrected chi connectivity index (χ0v) is 15.0. The summed E-state index contributed by atoms with van der Waals surface area (Å²) in [7, 11) is 1.56. The average molecular weight is 349 g/mol. The Morgan fingerprint density at radius 2 is 1.96 bits per heavy atom. The van der Waals surface area contributed by atoms with Gasteiger partial charge in [0.15, 0.2) is 0 Å². The second kappa shape index (κ2) is 7.97. The van der Waals surface area contributed by atoms with Crippen LogP contribution in [-0.4, -0.2) is 41.0 Å². The number of carbonyl (C=O) groups excluding carboxylic acids is 1. The van der Waals surface area contributed by atoms with Crippen molar-refractivity contribution in [2.75, 3.05) is 25.5 Å². The fourth-order valence-electron chi connectivity index (χ4n) is 2.31. The summed E-state index contributed by atoms with van der Waals surface area (Å²) < 4.78 is 5.14. The maximum atomic E-state index is 12.5. The highest BCUT2D eigenvalue weighted by Crippen LogP contribution is 2.28. The highest BCUT2D eigenvalue weighted by Gasteiger charge is 2.16. The van der Waals surface area contributed by atoms with Gasteiger partial charge in [0, 0.05) is 24.8 Å². The monoisotopic (exact) mass is 348 g/mol. The van der Waals surface area contributed by atoms with Gasteiger partial charge in [-0.05, 0) is 39.0 Å². The van der Waals surface area contributed by atoms with E-state index in [0.29, 0.717) is 41.2 Å². The topological polar surface area (TPSA) is 67.4 Å². The highest BCUT2D eigenvalue weighted by atomic mass is 35.5. The predicted molar refractivity (Wildman–Crippen MR) is 95.3 cm³/mol. The van der Waals surface area contributed by atoms with Crippen molar-refractivity contribution in [2.45, 2.75) is 20.8 Å². The van der Waals surface area contributed by atoms with Gasteiger partial charge in [0.1, 0.15) is 23.1 Å².